The smallest absolute Gasteiger partial charge is 0.0626 e. The van der Waals surface area contributed by atoms with Gasteiger partial charge >= 0.3 is 0 Å². The highest BCUT2D eigenvalue weighted by Crippen LogP contribution is 2.20. The number of hydrogen-bond acceptors (Lipinski definition) is 1. The van der Waals surface area contributed by atoms with Crippen LogP contribution in [0.15, 0.2) is 0 Å². The molecule has 0 aliphatic carbocycles. The molecule has 0 amide bonds. The Bertz CT molecular complexity index is 175. The molecule has 0 saturated heterocycles. The van der Waals surface area contributed by atoms with Gasteiger partial charge in [0.25, 0.3) is 0 Å². The minimum absolute atomic E-state index is 0.0929. The molecule has 0 atom stereocenters. The van der Waals surface area contributed by atoms with Gasteiger partial charge in [-0.25, -0.2) is 0 Å². The van der Waals surface area contributed by atoms with E-state index < -0.39 is 0 Å². The monoisotopic (exact) mass is 270 g/mol. The van der Waals surface area contributed by atoms with Crippen LogP contribution >= 0.6 is 0 Å². The summed E-state index contributed by atoms with van der Waals surface area (Å²) in [5, 5.41) is 0. The van der Waals surface area contributed by atoms with E-state index in [1.54, 1.807) is 0 Å². The molecule has 1 heteroatoms. The molecule has 0 aliphatic heterocycles. The van der Waals surface area contributed by atoms with Crippen molar-refractivity contribution in [2.24, 2.45) is 0 Å². The van der Waals surface area contributed by atoms with Crippen molar-refractivity contribution in [3.05, 3.63) is 0 Å². The molecule has 0 fully saturated rings. The highest BCUT2D eigenvalue weighted by atomic mass is 16.5. The Kier molecular flexibility index (Phi) is 12.9. The van der Waals surface area contributed by atoms with Gasteiger partial charge in [-0.05, 0) is 26.7 Å². The summed E-state index contributed by atoms with van der Waals surface area (Å²) in [6, 6.07) is 0. The van der Waals surface area contributed by atoms with Crippen LogP contribution in [-0.4, -0.2) is 12.2 Å². The van der Waals surface area contributed by atoms with E-state index in [9.17, 15) is 0 Å². The van der Waals surface area contributed by atoms with Gasteiger partial charge in [0.1, 0.15) is 0 Å². The van der Waals surface area contributed by atoms with E-state index in [0.29, 0.717) is 0 Å². The van der Waals surface area contributed by atoms with Gasteiger partial charge in [-0.1, -0.05) is 78.1 Å². The number of ether oxygens (including phenoxy) is 1. The quantitative estimate of drug-likeness (QED) is 0.327. The van der Waals surface area contributed by atoms with Crippen molar-refractivity contribution in [3.8, 4) is 0 Å². The third-order valence-electron chi connectivity index (χ3n) is 3.87. The van der Waals surface area contributed by atoms with Gasteiger partial charge in [-0.3, -0.25) is 0 Å². The van der Waals surface area contributed by atoms with Gasteiger partial charge in [-0.15, -0.1) is 0 Å². The fourth-order valence-corrected chi connectivity index (χ4v) is 2.46. The Labute approximate surface area is 122 Å². The number of hydrogen-bond donors (Lipinski definition) is 0. The summed E-state index contributed by atoms with van der Waals surface area (Å²) in [4.78, 5) is 0. The lowest BCUT2D eigenvalue weighted by Gasteiger charge is -2.25. The topological polar surface area (TPSA) is 9.23 Å². The predicted octanol–water partition coefficient (Wildman–Crippen LogP) is 6.50. The van der Waals surface area contributed by atoms with Crippen LogP contribution in [0, 0.1) is 0 Å². The van der Waals surface area contributed by atoms with Crippen molar-refractivity contribution in [3.63, 3.8) is 0 Å². The first kappa shape index (κ1) is 19.0. The Hall–Kier alpha value is -0.0400. The van der Waals surface area contributed by atoms with Gasteiger partial charge < -0.3 is 4.74 Å². The maximum Gasteiger partial charge on any atom is 0.0626 e. The summed E-state index contributed by atoms with van der Waals surface area (Å²) in [5.74, 6) is 0. The lowest BCUT2D eigenvalue weighted by atomic mass is 9.99. The summed E-state index contributed by atoms with van der Waals surface area (Å²) < 4.78 is 6.02. The molecular formula is C18H38O. The fraction of sp³-hybridized carbons (Fsp3) is 1.00. The van der Waals surface area contributed by atoms with Crippen LogP contribution in [0.5, 0.6) is 0 Å². The van der Waals surface area contributed by atoms with Crippen LogP contribution in [0.3, 0.4) is 0 Å². The summed E-state index contributed by atoms with van der Waals surface area (Å²) in [6.07, 6.45) is 16.1. The zero-order valence-corrected chi connectivity index (χ0v) is 14.1. The highest BCUT2D eigenvalue weighted by molar-refractivity contribution is 4.68. The second-order valence-corrected chi connectivity index (χ2v) is 6.54. The van der Waals surface area contributed by atoms with Crippen LogP contribution in [0.4, 0.5) is 0 Å². The molecule has 0 saturated carbocycles. The summed E-state index contributed by atoms with van der Waals surface area (Å²) in [7, 11) is 0. The standard InChI is InChI=1S/C18H38O/c1-5-7-9-11-12-13-14-16-18(3,4)19-17-15-10-8-6-2/h5-17H2,1-4H3. The van der Waals surface area contributed by atoms with Gasteiger partial charge in [0, 0.05) is 6.61 Å². The van der Waals surface area contributed by atoms with Gasteiger partial charge in [-0.2, -0.15) is 0 Å². The predicted molar refractivity (Wildman–Crippen MR) is 86.8 cm³/mol. The molecule has 0 radical (unpaired) electrons. The maximum absolute atomic E-state index is 6.02. The maximum atomic E-state index is 6.02. The molecular weight excluding hydrogens is 232 g/mol. The Balaban J connectivity index is 3.35. The summed E-state index contributed by atoms with van der Waals surface area (Å²) >= 11 is 0. The van der Waals surface area contributed by atoms with Crippen LogP contribution in [0.2, 0.25) is 0 Å². The number of rotatable bonds is 14. The molecule has 0 aromatic rings. The minimum atomic E-state index is 0.0929. The molecule has 1 nitrogen and oxygen atoms in total. The lowest BCUT2D eigenvalue weighted by Crippen LogP contribution is -2.24. The minimum Gasteiger partial charge on any atom is -0.376 e. The van der Waals surface area contributed by atoms with Gasteiger partial charge in [0.2, 0.25) is 0 Å². The molecule has 0 unspecified atom stereocenters. The highest BCUT2D eigenvalue weighted by Gasteiger charge is 2.17. The summed E-state index contributed by atoms with van der Waals surface area (Å²) in [5.41, 5.74) is 0.0929. The Morgan fingerprint density at radius 1 is 0.632 bits per heavy atom. The first-order chi connectivity index (χ1) is 9.12. The number of unbranched alkanes of at least 4 members (excludes halogenated alkanes) is 9. The molecule has 0 N–H and O–H groups in total. The van der Waals surface area contributed by atoms with Gasteiger partial charge in [0.05, 0.1) is 5.60 Å². The molecule has 0 aliphatic rings. The molecule has 19 heavy (non-hydrogen) atoms. The van der Waals surface area contributed by atoms with Gasteiger partial charge in [0.15, 0.2) is 0 Å². The normalized spacial score (nSPS) is 12.0. The van der Waals surface area contributed by atoms with E-state index in [1.807, 2.05) is 0 Å². The van der Waals surface area contributed by atoms with Crippen LogP contribution in [-0.2, 0) is 4.74 Å². The average Bonchev–Trinajstić information content (AvgIpc) is 2.37. The zero-order chi connectivity index (χ0) is 14.4. The van der Waals surface area contributed by atoms with Crippen molar-refractivity contribution < 1.29 is 4.74 Å². The van der Waals surface area contributed by atoms with E-state index in [0.717, 1.165) is 6.61 Å². The second-order valence-electron chi connectivity index (χ2n) is 6.54. The molecule has 116 valence electrons. The molecule has 0 bridgehead atoms. The SMILES string of the molecule is CCCCCCCCCC(C)(C)OCCCCCC. The van der Waals surface area contributed by atoms with E-state index in [-0.39, 0.29) is 5.60 Å². The van der Waals surface area contributed by atoms with Crippen molar-refractivity contribution in [2.45, 2.75) is 110 Å². The molecule has 0 spiro atoms. The molecule has 0 rings (SSSR count). The largest absolute Gasteiger partial charge is 0.376 e. The first-order valence-corrected chi connectivity index (χ1v) is 8.76. The fourth-order valence-electron chi connectivity index (χ4n) is 2.46. The average molecular weight is 271 g/mol. The van der Waals surface area contributed by atoms with Crippen molar-refractivity contribution in [1.82, 2.24) is 0 Å². The third-order valence-corrected chi connectivity index (χ3v) is 3.87. The molecule has 0 aromatic carbocycles. The first-order valence-electron chi connectivity index (χ1n) is 8.76. The Morgan fingerprint density at radius 2 is 1.11 bits per heavy atom. The van der Waals surface area contributed by atoms with E-state index in [4.69, 9.17) is 4.74 Å². The Morgan fingerprint density at radius 3 is 1.68 bits per heavy atom. The summed E-state index contributed by atoms with van der Waals surface area (Å²) in [6.45, 7) is 9.99. The van der Waals surface area contributed by atoms with E-state index >= 15 is 0 Å². The molecule has 0 aromatic heterocycles. The second kappa shape index (κ2) is 13.0. The van der Waals surface area contributed by atoms with Crippen molar-refractivity contribution in [2.75, 3.05) is 6.61 Å². The van der Waals surface area contributed by atoms with Crippen molar-refractivity contribution >= 4 is 0 Å². The lowest BCUT2D eigenvalue weighted by molar-refractivity contribution is -0.0266. The van der Waals surface area contributed by atoms with Crippen LogP contribution in [0.25, 0.3) is 0 Å². The van der Waals surface area contributed by atoms with E-state index in [2.05, 4.69) is 27.7 Å². The van der Waals surface area contributed by atoms with Crippen molar-refractivity contribution in [1.29, 1.82) is 0 Å². The van der Waals surface area contributed by atoms with Crippen LogP contribution < -0.4 is 0 Å². The van der Waals surface area contributed by atoms with E-state index in [1.165, 1.54) is 77.0 Å². The third kappa shape index (κ3) is 14.2. The zero-order valence-electron chi connectivity index (χ0n) is 14.1. The van der Waals surface area contributed by atoms with Crippen LogP contribution in [0.1, 0.15) is 105 Å². The molecule has 0 heterocycles.